The summed E-state index contributed by atoms with van der Waals surface area (Å²) in [6.45, 7) is 2.21. The number of hydrogen-bond acceptors (Lipinski definition) is 2. The van der Waals surface area contributed by atoms with Gasteiger partial charge in [0.2, 0.25) is 0 Å². The van der Waals surface area contributed by atoms with E-state index >= 15 is 0 Å². The Hall–Kier alpha value is -0.0900. The molecule has 2 nitrogen and oxygen atoms in total. The zero-order valence-corrected chi connectivity index (χ0v) is 14.9. The Morgan fingerprint density at radius 1 is 1.33 bits per heavy atom. The summed E-state index contributed by atoms with van der Waals surface area (Å²) >= 11 is 12.3. The van der Waals surface area contributed by atoms with E-state index in [0.717, 1.165) is 12.8 Å². The van der Waals surface area contributed by atoms with Crippen molar-refractivity contribution in [1.82, 2.24) is 5.32 Å². The minimum Gasteiger partial charge on any atom is -0.316 e. The average Bonchev–Trinajstić information content (AvgIpc) is 2.49. The maximum absolute atomic E-state index is 13.0. The second-order valence-corrected chi connectivity index (χ2v) is 8.26. The topological polar surface area (TPSA) is 29.1 Å². The van der Waals surface area contributed by atoms with Crippen LogP contribution in [0.3, 0.4) is 0 Å². The standard InChI is InChI=1S/C16H23Cl2NOS/c1-3-4-11-5-8-14(19-2)16(9-11)21(20)15-10-12(17)6-7-13(15)18/h6-7,10-11,14,16,19H,3-5,8-9H2,1-2H3. The highest BCUT2D eigenvalue weighted by Crippen LogP contribution is 2.35. The molecular weight excluding hydrogens is 325 g/mol. The van der Waals surface area contributed by atoms with Crippen molar-refractivity contribution in [2.75, 3.05) is 7.05 Å². The summed E-state index contributed by atoms with van der Waals surface area (Å²) in [5, 5.41) is 4.57. The van der Waals surface area contributed by atoms with Gasteiger partial charge in [-0.3, -0.25) is 4.21 Å². The first-order chi connectivity index (χ1) is 10.1. The van der Waals surface area contributed by atoms with Gasteiger partial charge in [-0.1, -0.05) is 43.0 Å². The predicted octanol–water partition coefficient (Wildman–Crippen LogP) is 4.66. The minimum absolute atomic E-state index is 0.108. The molecule has 0 bridgehead atoms. The first-order valence-electron chi connectivity index (χ1n) is 7.59. The molecule has 1 aliphatic rings. The maximum atomic E-state index is 13.0. The number of halogens is 2. The third kappa shape index (κ3) is 4.22. The van der Waals surface area contributed by atoms with E-state index in [1.54, 1.807) is 18.2 Å². The van der Waals surface area contributed by atoms with Crippen molar-refractivity contribution in [3.8, 4) is 0 Å². The van der Waals surface area contributed by atoms with E-state index in [9.17, 15) is 4.21 Å². The summed E-state index contributed by atoms with van der Waals surface area (Å²) in [6, 6.07) is 5.50. The van der Waals surface area contributed by atoms with E-state index in [0.29, 0.717) is 20.9 Å². The van der Waals surface area contributed by atoms with Crippen LogP contribution in [-0.2, 0) is 10.8 Å². The van der Waals surface area contributed by atoms with Crippen LogP contribution in [0.15, 0.2) is 23.1 Å². The molecule has 1 aromatic carbocycles. The van der Waals surface area contributed by atoms with Crippen molar-refractivity contribution in [3.05, 3.63) is 28.2 Å². The summed E-state index contributed by atoms with van der Waals surface area (Å²) in [4.78, 5) is 0.673. The SMILES string of the molecule is CCCC1CCC(NC)C(S(=O)c2cc(Cl)ccc2Cl)C1. The molecule has 0 spiro atoms. The van der Waals surface area contributed by atoms with E-state index in [4.69, 9.17) is 23.2 Å². The van der Waals surface area contributed by atoms with E-state index in [2.05, 4.69) is 12.2 Å². The van der Waals surface area contributed by atoms with Crippen LogP contribution in [-0.4, -0.2) is 22.5 Å². The molecule has 4 atom stereocenters. The van der Waals surface area contributed by atoms with Crippen molar-refractivity contribution in [2.24, 2.45) is 5.92 Å². The summed E-state index contributed by atoms with van der Waals surface area (Å²) in [5.41, 5.74) is 0. The summed E-state index contributed by atoms with van der Waals surface area (Å²) in [6.07, 6.45) is 5.69. The molecule has 0 heterocycles. The van der Waals surface area contributed by atoms with Gasteiger partial charge in [-0.2, -0.15) is 0 Å². The Morgan fingerprint density at radius 3 is 2.76 bits per heavy atom. The molecule has 0 amide bonds. The van der Waals surface area contributed by atoms with Crippen LogP contribution < -0.4 is 5.32 Å². The highest BCUT2D eigenvalue weighted by atomic mass is 35.5. The first kappa shape index (κ1) is 17.3. The van der Waals surface area contributed by atoms with Crippen molar-refractivity contribution >= 4 is 34.0 Å². The molecule has 0 aromatic heterocycles. The van der Waals surface area contributed by atoms with Gasteiger partial charge in [0.05, 0.1) is 26.0 Å². The molecule has 0 radical (unpaired) electrons. The molecular formula is C16H23Cl2NOS. The van der Waals surface area contributed by atoms with Crippen LogP contribution >= 0.6 is 23.2 Å². The monoisotopic (exact) mass is 347 g/mol. The van der Waals surface area contributed by atoms with Gasteiger partial charge in [-0.25, -0.2) is 0 Å². The molecule has 1 aliphatic carbocycles. The van der Waals surface area contributed by atoms with E-state index in [1.165, 1.54) is 19.3 Å². The van der Waals surface area contributed by atoms with Crippen LogP contribution in [0.1, 0.15) is 39.0 Å². The normalized spacial score (nSPS) is 27.5. The lowest BCUT2D eigenvalue weighted by Crippen LogP contribution is -2.44. The van der Waals surface area contributed by atoms with Gasteiger partial charge in [0.15, 0.2) is 0 Å². The Morgan fingerprint density at radius 2 is 2.10 bits per heavy atom. The molecule has 1 fully saturated rings. The average molecular weight is 348 g/mol. The fourth-order valence-corrected chi connectivity index (χ4v) is 5.67. The van der Waals surface area contributed by atoms with E-state index in [-0.39, 0.29) is 11.3 Å². The number of benzene rings is 1. The molecule has 1 N–H and O–H groups in total. The molecule has 4 unspecified atom stereocenters. The Bertz CT molecular complexity index is 509. The van der Waals surface area contributed by atoms with Crippen molar-refractivity contribution in [1.29, 1.82) is 0 Å². The van der Waals surface area contributed by atoms with E-state index < -0.39 is 10.8 Å². The van der Waals surface area contributed by atoms with Crippen molar-refractivity contribution < 1.29 is 4.21 Å². The molecule has 0 saturated heterocycles. The fraction of sp³-hybridized carbons (Fsp3) is 0.625. The molecule has 5 heteroatoms. The second-order valence-electron chi connectivity index (χ2n) is 5.77. The van der Waals surface area contributed by atoms with Gasteiger partial charge in [0.25, 0.3) is 0 Å². The predicted molar refractivity (Wildman–Crippen MR) is 91.8 cm³/mol. The van der Waals surface area contributed by atoms with Gasteiger partial charge in [0, 0.05) is 11.1 Å². The van der Waals surface area contributed by atoms with Crippen LogP contribution in [0.5, 0.6) is 0 Å². The van der Waals surface area contributed by atoms with Crippen LogP contribution in [0, 0.1) is 5.92 Å². The third-order valence-electron chi connectivity index (χ3n) is 4.35. The molecule has 1 saturated carbocycles. The van der Waals surface area contributed by atoms with Gasteiger partial charge < -0.3 is 5.32 Å². The number of hydrogen-bond donors (Lipinski definition) is 1. The third-order valence-corrected chi connectivity index (χ3v) is 6.87. The highest BCUT2D eigenvalue weighted by molar-refractivity contribution is 7.85. The molecule has 2 rings (SSSR count). The molecule has 0 aliphatic heterocycles. The largest absolute Gasteiger partial charge is 0.316 e. The Kier molecular flexibility index (Phi) is 6.54. The van der Waals surface area contributed by atoms with Gasteiger partial charge >= 0.3 is 0 Å². The Labute approximate surface area is 140 Å². The van der Waals surface area contributed by atoms with Crippen molar-refractivity contribution in [3.63, 3.8) is 0 Å². The zero-order valence-electron chi connectivity index (χ0n) is 12.6. The Balaban J connectivity index is 2.23. The van der Waals surface area contributed by atoms with E-state index in [1.807, 2.05) is 7.05 Å². The summed E-state index contributed by atoms with van der Waals surface area (Å²) in [5.74, 6) is 0.673. The lowest BCUT2D eigenvalue weighted by Gasteiger charge is -2.35. The number of nitrogens with one attached hydrogen (secondary N) is 1. The fourth-order valence-electron chi connectivity index (χ4n) is 3.24. The molecule has 21 heavy (non-hydrogen) atoms. The summed E-state index contributed by atoms with van der Waals surface area (Å²) < 4.78 is 13.0. The first-order valence-corrected chi connectivity index (χ1v) is 9.56. The number of rotatable bonds is 5. The van der Waals surface area contributed by atoms with Gasteiger partial charge in [-0.05, 0) is 50.4 Å². The minimum atomic E-state index is -1.12. The van der Waals surface area contributed by atoms with Crippen molar-refractivity contribution in [2.45, 2.75) is 55.2 Å². The smallest absolute Gasteiger partial charge is 0.0592 e. The van der Waals surface area contributed by atoms with Crippen LogP contribution in [0.4, 0.5) is 0 Å². The quantitative estimate of drug-likeness (QED) is 0.839. The lowest BCUT2D eigenvalue weighted by atomic mass is 9.83. The summed E-state index contributed by atoms with van der Waals surface area (Å²) in [7, 11) is 0.828. The van der Waals surface area contributed by atoms with Crippen LogP contribution in [0.25, 0.3) is 0 Å². The molecule has 118 valence electrons. The van der Waals surface area contributed by atoms with Gasteiger partial charge in [0.1, 0.15) is 0 Å². The maximum Gasteiger partial charge on any atom is 0.0592 e. The van der Waals surface area contributed by atoms with Gasteiger partial charge in [-0.15, -0.1) is 0 Å². The van der Waals surface area contributed by atoms with Crippen LogP contribution in [0.2, 0.25) is 10.0 Å². The zero-order chi connectivity index (χ0) is 15.4. The molecule has 1 aromatic rings. The highest BCUT2D eigenvalue weighted by Gasteiger charge is 2.34. The lowest BCUT2D eigenvalue weighted by molar-refractivity contribution is 0.292. The second kappa shape index (κ2) is 7.96.